The van der Waals surface area contributed by atoms with Gasteiger partial charge in [0.25, 0.3) is 0 Å². The van der Waals surface area contributed by atoms with Crippen LogP contribution < -0.4 is 5.32 Å². The average molecular weight is 247 g/mol. The van der Waals surface area contributed by atoms with Crippen molar-refractivity contribution in [3.8, 4) is 0 Å². The van der Waals surface area contributed by atoms with Crippen molar-refractivity contribution in [1.82, 2.24) is 15.1 Å². The van der Waals surface area contributed by atoms with Crippen LogP contribution in [0.1, 0.15) is 44.7 Å². The molecular formula is C15H25N3. The highest BCUT2D eigenvalue weighted by Gasteiger charge is 2.38. The molecule has 2 aliphatic carbocycles. The van der Waals surface area contributed by atoms with Crippen LogP contribution in [0.4, 0.5) is 0 Å². The standard InChI is InChI=1S/C15H25N3/c1-2-7-18-15(5-6-17-18)11-16-10-14-9-12-3-4-13(14)8-12/h5-6,12-14,16H,2-4,7-11H2,1H3. The number of hydrogen-bond acceptors (Lipinski definition) is 2. The first-order valence-electron chi connectivity index (χ1n) is 7.58. The quantitative estimate of drug-likeness (QED) is 0.837. The van der Waals surface area contributed by atoms with Crippen molar-refractivity contribution in [1.29, 1.82) is 0 Å². The Kier molecular flexibility index (Phi) is 3.69. The fourth-order valence-electron chi connectivity index (χ4n) is 3.94. The molecule has 3 unspecified atom stereocenters. The molecule has 18 heavy (non-hydrogen) atoms. The SMILES string of the molecule is CCCn1nccc1CNCC1CC2CCC1C2. The predicted molar refractivity (Wildman–Crippen MR) is 73.2 cm³/mol. The van der Waals surface area contributed by atoms with Crippen LogP contribution in [-0.2, 0) is 13.1 Å². The van der Waals surface area contributed by atoms with E-state index in [0.717, 1.165) is 37.3 Å². The Morgan fingerprint density at radius 2 is 2.33 bits per heavy atom. The largest absolute Gasteiger partial charge is 0.311 e. The molecule has 0 aromatic carbocycles. The fraction of sp³-hybridized carbons (Fsp3) is 0.800. The van der Waals surface area contributed by atoms with Crippen LogP contribution in [0.3, 0.4) is 0 Å². The molecule has 1 aromatic heterocycles. The van der Waals surface area contributed by atoms with Crippen molar-refractivity contribution in [3.05, 3.63) is 18.0 Å². The highest BCUT2D eigenvalue weighted by atomic mass is 15.3. The Hall–Kier alpha value is -0.830. The van der Waals surface area contributed by atoms with Gasteiger partial charge in [0.1, 0.15) is 0 Å². The third-order valence-corrected chi connectivity index (χ3v) is 4.84. The van der Waals surface area contributed by atoms with Crippen LogP contribution in [0.15, 0.2) is 12.3 Å². The number of nitrogens with zero attached hydrogens (tertiary/aromatic N) is 2. The third-order valence-electron chi connectivity index (χ3n) is 4.84. The van der Waals surface area contributed by atoms with Crippen molar-refractivity contribution in [2.75, 3.05) is 6.54 Å². The first kappa shape index (κ1) is 12.2. The molecule has 1 N–H and O–H groups in total. The molecule has 3 heteroatoms. The van der Waals surface area contributed by atoms with Crippen molar-refractivity contribution in [2.45, 2.75) is 52.1 Å². The van der Waals surface area contributed by atoms with Crippen LogP contribution in [0, 0.1) is 17.8 Å². The van der Waals surface area contributed by atoms with Crippen molar-refractivity contribution < 1.29 is 0 Å². The summed E-state index contributed by atoms with van der Waals surface area (Å²) in [6.07, 6.45) is 9.06. The Bertz CT molecular complexity index is 385. The summed E-state index contributed by atoms with van der Waals surface area (Å²) in [5, 5.41) is 8.02. The molecule has 0 amide bonds. The average Bonchev–Trinajstić information content (AvgIpc) is 3.06. The highest BCUT2D eigenvalue weighted by Crippen LogP contribution is 2.47. The number of aryl methyl sites for hydroxylation is 1. The zero-order chi connectivity index (χ0) is 12.4. The molecule has 0 radical (unpaired) electrons. The van der Waals surface area contributed by atoms with Crippen molar-refractivity contribution in [2.24, 2.45) is 17.8 Å². The minimum atomic E-state index is 0.950. The molecule has 0 aliphatic heterocycles. The Morgan fingerprint density at radius 3 is 3.06 bits per heavy atom. The molecule has 3 rings (SSSR count). The van der Waals surface area contributed by atoms with Gasteiger partial charge in [-0.3, -0.25) is 4.68 Å². The van der Waals surface area contributed by atoms with Gasteiger partial charge < -0.3 is 5.32 Å². The lowest BCUT2D eigenvalue weighted by Crippen LogP contribution is -2.27. The zero-order valence-electron chi connectivity index (χ0n) is 11.4. The van der Waals surface area contributed by atoms with E-state index < -0.39 is 0 Å². The van der Waals surface area contributed by atoms with Crippen molar-refractivity contribution >= 4 is 0 Å². The lowest BCUT2D eigenvalue weighted by Gasteiger charge is -2.22. The maximum atomic E-state index is 4.37. The fourth-order valence-corrected chi connectivity index (χ4v) is 3.94. The van der Waals surface area contributed by atoms with Gasteiger partial charge in [-0.1, -0.05) is 13.3 Å². The van der Waals surface area contributed by atoms with Gasteiger partial charge in [-0.25, -0.2) is 0 Å². The summed E-state index contributed by atoms with van der Waals surface area (Å²) in [5.74, 6) is 3.04. The van der Waals surface area contributed by atoms with E-state index in [1.165, 1.54) is 37.9 Å². The third kappa shape index (κ3) is 2.46. The van der Waals surface area contributed by atoms with Crippen LogP contribution >= 0.6 is 0 Å². The summed E-state index contributed by atoms with van der Waals surface area (Å²) in [6, 6.07) is 2.14. The lowest BCUT2D eigenvalue weighted by atomic mass is 9.89. The molecule has 2 saturated carbocycles. The van der Waals surface area contributed by atoms with E-state index in [-0.39, 0.29) is 0 Å². The number of hydrogen-bond donors (Lipinski definition) is 1. The topological polar surface area (TPSA) is 29.9 Å². The van der Waals surface area contributed by atoms with E-state index in [1.807, 2.05) is 6.20 Å². The van der Waals surface area contributed by atoms with Gasteiger partial charge in [-0.2, -0.15) is 5.10 Å². The Morgan fingerprint density at radius 1 is 1.39 bits per heavy atom. The van der Waals surface area contributed by atoms with Gasteiger partial charge >= 0.3 is 0 Å². The number of rotatable bonds is 6. The van der Waals surface area contributed by atoms with Gasteiger partial charge in [0.2, 0.25) is 0 Å². The molecule has 2 aliphatic rings. The first-order valence-corrected chi connectivity index (χ1v) is 7.58. The minimum absolute atomic E-state index is 0.950. The van der Waals surface area contributed by atoms with Crippen molar-refractivity contribution in [3.63, 3.8) is 0 Å². The van der Waals surface area contributed by atoms with E-state index in [9.17, 15) is 0 Å². The summed E-state index contributed by atoms with van der Waals surface area (Å²) in [6.45, 7) is 5.43. The van der Waals surface area contributed by atoms with Gasteiger partial charge in [-0.15, -0.1) is 0 Å². The molecule has 1 heterocycles. The predicted octanol–water partition coefficient (Wildman–Crippen LogP) is 2.82. The monoisotopic (exact) mass is 247 g/mol. The Balaban J connectivity index is 1.45. The molecule has 0 saturated heterocycles. The van der Waals surface area contributed by atoms with Gasteiger partial charge in [0, 0.05) is 19.3 Å². The normalized spacial score (nSPS) is 30.2. The van der Waals surface area contributed by atoms with Crippen LogP contribution in [-0.4, -0.2) is 16.3 Å². The lowest BCUT2D eigenvalue weighted by molar-refractivity contribution is 0.317. The summed E-state index contributed by atoms with van der Waals surface area (Å²) in [4.78, 5) is 0. The summed E-state index contributed by atoms with van der Waals surface area (Å²) in [7, 11) is 0. The maximum Gasteiger partial charge on any atom is 0.0522 e. The van der Waals surface area contributed by atoms with E-state index in [0.29, 0.717) is 0 Å². The molecule has 100 valence electrons. The molecule has 2 bridgehead atoms. The zero-order valence-corrected chi connectivity index (χ0v) is 11.4. The second-order valence-electron chi connectivity index (χ2n) is 6.11. The van der Waals surface area contributed by atoms with E-state index in [2.05, 4.69) is 28.1 Å². The van der Waals surface area contributed by atoms with Crippen LogP contribution in [0.2, 0.25) is 0 Å². The number of fused-ring (bicyclic) bond motifs is 2. The minimum Gasteiger partial charge on any atom is -0.311 e. The van der Waals surface area contributed by atoms with Crippen LogP contribution in [0.25, 0.3) is 0 Å². The smallest absolute Gasteiger partial charge is 0.0522 e. The maximum absolute atomic E-state index is 4.37. The molecule has 3 nitrogen and oxygen atoms in total. The second kappa shape index (κ2) is 5.43. The van der Waals surface area contributed by atoms with E-state index in [1.54, 1.807) is 0 Å². The second-order valence-corrected chi connectivity index (χ2v) is 6.11. The summed E-state index contributed by atoms with van der Waals surface area (Å²) >= 11 is 0. The Labute approximate surface area is 110 Å². The molecule has 1 aromatic rings. The first-order chi connectivity index (χ1) is 8.86. The van der Waals surface area contributed by atoms with Gasteiger partial charge in [0.15, 0.2) is 0 Å². The van der Waals surface area contributed by atoms with Gasteiger partial charge in [-0.05, 0) is 56.0 Å². The van der Waals surface area contributed by atoms with E-state index >= 15 is 0 Å². The summed E-state index contributed by atoms with van der Waals surface area (Å²) in [5.41, 5.74) is 1.33. The van der Waals surface area contributed by atoms with Crippen LogP contribution in [0.5, 0.6) is 0 Å². The number of nitrogens with one attached hydrogen (secondary N) is 1. The molecule has 0 spiro atoms. The summed E-state index contributed by atoms with van der Waals surface area (Å²) < 4.78 is 2.13. The number of aromatic nitrogens is 2. The van der Waals surface area contributed by atoms with E-state index in [4.69, 9.17) is 0 Å². The molecular weight excluding hydrogens is 222 g/mol. The molecule has 3 atom stereocenters. The molecule has 2 fully saturated rings. The highest BCUT2D eigenvalue weighted by molar-refractivity contribution is 5.00. The van der Waals surface area contributed by atoms with Gasteiger partial charge in [0.05, 0.1) is 5.69 Å².